The molecular formula is C16H27N3O4S2. The Morgan fingerprint density at radius 3 is 2.20 bits per heavy atom. The summed E-state index contributed by atoms with van der Waals surface area (Å²) in [7, 11) is 0. The van der Waals surface area contributed by atoms with Crippen LogP contribution in [0.1, 0.15) is 46.6 Å². The van der Waals surface area contributed by atoms with E-state index < -0.39 is 23.4 Å². The summed E-state index contributed by atoms with van der Waals surface area (Å²) in [5, 5.41) is 6.18. The van der Waals surface area contributed by atoms with Crippen molar-refractivity contribution >= 4 is 35.3 Å². The number of carbonyl (C=O) groups excluding carboxylic acids is 2. The average Bonchev–Trinajstić information content (AvgIpc) is 2.85. The summed E-state index contributed by atoms with van der Waals surface area (Å²) < 4.78 is 11.4. The highest BCUT2D eigenvalue weighted by molar-refractivity contribution is 8.01. The fourth-order valence-corrected chi connectivity index (χ4v) is 3.42. The number of carbonyl (C=O) groups is 2. The van der Waals surface area contributed by atoms with Gasteiger partial charge in [0.25, 0.3) is 0 Å². The van der Waals surface area contributed by atoms with E-state index in [-0.39, 0.29) is 0 Å². The van der Waals surface area contributed by atoms with Crippen molar-refractivity contribution in [3.8, 4) is 0 Å². The Morgan fingerprint density at radius 2 is 1.64 bits per heavy atom. The topological polar surface area (TPSA) is 89.5 Å². The number of ether oxygens (including phenoxy) is 2. The lowest BCUT2D eigenvalue weighted by atomic mass is 10.2. The highest BCUT2D eigenvalue weighted by Crippen LogP contribution is 2.24. The first-order valence-corrected chi connectivity index (χ1v) is 9.76. The minimum atomic E-state index is -0.519. The Kier molecular flexibility index (Phi) is 8.01. The summed E-state index contributed by atoms with van der Waals surface area (Å²) in [6.45, 7) is 11.8. The zero-order chi connectivity index (χ0) is 19.1. The molecule has 7 nitrogen and oxygen atoms in total. The maximum atomic E-state index is 11.6. The molecule has 0 unspecified atom stereocenters. The number of amides is 2. The number of rotatable bonds is 6. The van der Waals surface area contributed by atoms with Gasteiger partial charge in [-0.05, 0) is 41.5 Å². The molecule has 1 aromatic heterocycles. The monoisotopic (exact) mass is 389 g/mol. The second kappa shape index (κ2) is 9.28. The van der Waals surface area contributed by atoms with Gasteiger partial charge in [-0.2, -0.15) is 0 Å². The number of thiazole rings is 1. The maximum absolute atomic E-state index is 11.6. The van der Waals surface area contributed by atoms with Gasteiger partial charge in [0.15, 0.2) is 0 Å². The standard InChI is InChI=1S/C16H27N3O4S2/c1-15(2,3)22-13(20)17-7-8-24-12-10-18-11(25-12)9-19-14(21)23-16(4,5)6/h10H,7-9H2,1-6H3,(H,17,20)(H,19,21). The molecule has 0 fully saturated rings. The number of nitrogens with one attached hydrogen (secondary N) is 2. The molecule has 1 heterocycles. The average molecular weight is 390 g/mol. The second-order valence-corrected chi connectivity index (χ2v) is 9.72. The second-order valence-electron chi connectivity index (χ2n) is 7.21. The lowest BCUT2D eigenvalue weighted by Gasteiger charge is -2.19. The minimum Gasteiger partial charge on any atom is -0.444 e. The third kappa shape index (κ3) is 10.9. The molecule has 2 amide bonds. The molecule has 0 aliphatic heterocycles. The normalized spacial score (nSPS) is 11.8. The van der Waals surface area contributed by atoms with Crippen molar-refractivity contribution in [1.29, 1.82) is 0 Å². The minimum absolute atomic E-state index is 0.330. The summed E-state index contributed by atoms with van der Waals surface area (Å²) in [5.41, 5.74) is -1.01. The number of aromatic nitrogens is 1. The van der Waals surface area contributed by atoms with Crippen LogP contribution < -0.4 is 10.6 Å². The number of hydrogen-bond donors (Lipinski definition) is 2. The van der Waals surface area contributed by atoms with E-state index in [0.717, 1.165) is 9.22 Å². The van der Waals surface area contributed by atoms with Crippen molar-refractivity contribution in [3.05, 3.63) is 11.2 Å². The lowest BCUT2D eigenvalue weighted by molar-refractivity contribution is 0.0515. The van der Waals surface area contributed by atoms with Crippen LogP contribution in [0.25, 0.3) is 0 Å². The molecule has 0 bridgehead atoms. The van der Waals surface area contributed by atoms with E-state index in [0.29, 0.717) is 18.8 Å². The molecule has 1 aromatic rings. The van der Waals surface area contributed by atoms with Crippen molar-refractivity contribution in [2.45, 2.75) is 63.5 Å². The van der Waals surface area contributed by atoms with Crippen LogP contribution in [0.2, 0.25) is 0 Å². The molecule has 0 radical (unpaired) electrons. The van der Waals surface area contributed by atoms with Crippen molar-refractivity contribution in [3.63, 3.8) is 0 Å². The molecule has 0 aliphatic carbocycles. The van der Waals surface area contributed by atoms with Crippen molar-refractivity contribution in [2.75, 3.05) is 12.3 Å². The molecule has 0 atom stereocenters. The van der Waals surface area contributed by atoms with E-state index in [9.17, 15) is 9.59 Å². The first-order valence-electron chi connectivity index (χ1n) is 7.96. The van der Waals surface area contributed by atoms with Gasteiger partial charge in [0, 0.05) is 12.3 Å². The Labute approximate surface area is 157 Å². The van der Waals surface area contributed by atoms with Gasteiger partial charge in [0.1, 0.15) is 16.2 Å². The first kappa shape index (κ1) is 21.6. The highest BCUT2D eigenvalue weighted by atomic mass is 32.2. The zero-order valence-corrected chi connectivity index (χ0v) is 17.2. The SMILES string of the molecule is CC(C)(C)OC(=O)NCCSc1cnc(CNC(=O)OC(C)(C)C)s1. The van der Waals surface area contributed by atoms with E-state index in [1.807, 2.05) is 41.5 Å². The third-order valence-electron chi connectivity index (χ3n) is 2.33. The third-order valence-corrected chi connectivity index (χ3v) is 4.52. The molecule has 142 valence electrons. The Balaban J connectivity index is 2.25. The van der Waals surface area contributed by atoms with E-state index in [4.69, 9.17) is 9.47 Å². The number of thioether (sulfide) groups is 1. The number of nitrogens with zero attached hydrogens (tertiary/aromatic N) is 1. The molecule has 2 N–H and O–H groups in total. The van der Waals surface area contributed by atoms with Crippen LogP contribution in [-0.4, -0.2) is 40.7 Å². The van der Waals surface area contributed by atoms with Crippen LogP contribution in [0.5, 0.6) is 0 Å². The fraction of sp³-hybridized carbons (Fsp3) is 0.688. The maximum Gasteiger partial charge on any atom is 0.408 e. The summed E-state index contributed by atoms with van der Waals surface area (Å²) >= 11 is 3.09. The Bertz CT molecular complexity index is 577. The molecule has 0 spiro atoms. The largest absolute Gasteiger partial charge is 0.444 e. The molecular weight excluding hydrogens is 362 g/mol. The van der Waals surface area contributed by atoms with Gasteiger partial charge in [-0.25, -0.2) is 14.6 Å². The van der Waals surface area contributed by atoms with E-state index in [1.165, 1.54) is 11.3 Å². The van der Waals surface area contributed by atoms with Crippen LogP contribution in [0, 0.1) is 0 Å². The van der Waals surface area contributed by atoms with Crippen LogP contribution in [0.4, 0.5) is 9.59 Å². The summed E-state index contributed by atoms with van der Waals surface area (Å²) in [5.74, 6) is 0.709. The zero-order valence-electron chi connectivity index (χ0n) is 15.6. The van der Waals surface area contributed by atoms with Gasteiger partial charge in [-0.15, -0.1) is 23.1 Å². The Morgan fingerprint density at radius 1 is 1.08 bits per heavy atom. The van der Waals surface area contributed by atoms with Gasteiger partial charge >= 0.3 is 12.2 Å². The molecule has 25 heavy (non-hydrogen) atoms. The predicted molar refractivity (Wildman–Crippen MR) is 100 cm³/mol. The van der Waals surface area contributed by atoms with E-state index in [1.54, 1.807) is 18.0 Å². The quantitative estimate of drug-likeness (QED) is 0.568. The first-order chi connectivity index (χ1) is 11.4. The molecule has 1 rings (SSSR count). The highest BCUT2D eigenvalue weighted by Gasteiger charge is 2.17. The molecule has 9 heteroatoms. The number of hydrogen-bond acceptors (Lipinski definition) is 7. The van der Waals surface area contributed by atoms with Crippen LogP contribution >= 0.6 is 23.1 Å². The van der Waals surface area contributed by atoms with Crippen molar-refractivity contribution < 1.29 is 19.1 Å². The smallest absolute Gasteiger partial charge is 0.408 e. The fourth-order valence-electron chi connectivity index (χ4n) is 1.52. The molecule has 0 saturated heterocycles. The molecule has 0 saturated carbocycles. The van der Waals surface area contributed by atoms with Crippen LogP contribution in [0.3, 0.4) is 0 Å². The van der Waals surface area contributed by atoms with Crippen LogP contribution in [-0.2, 0) is 16.0 Å². The summed E-state index contributed by atoms with van der Waals surface area (Å²) in [6, 6.07) is 0. The van der Waals surface area contributed by atoms with Gasteiger partial charge in [-0.3, -0.25) is 0 Å². The van der Waals surface area contributed by atoms with Crippen molar-refractivity contribution in [2.24, 2.45) is 0 Å². The molecule has 0 aromatic carbocycles. The van der Waals surface area contributed by atoms with E-state index >= 15 is 0 Å². The van der Waals surface area contributed by atoms with Crippen LogP contribution in [0.15, 0.2) is 10.4 Å². The van der Waals surface area contributed by atoms with Crippen molar-refractivity contribution in [1.82, 2.24) is 15.6 Å². The molecule has 0 aliphatic rings. The van der Waals surface area contributed by atoms with E-state index in [2.05, 4.69) is 15.6 Å². The number of alkyl carbamates (subject to hydrolysis) is 2. The van der Waals surface area contributed by atoms with Gasteiger partial charge in [0.05, 0.1) is 17.0 Å². The Hall–Kier alpha value is -1.48. The summed E-state index contributed by atoms with van der Waals surface area (Å²) in [6.07, 6.45) is 0.882. The lowest BCUT2D eigenvalue weighted by Crippen LogP contribution is -2.33. The van der Waals surface area contributed by atoms with Gasteiger partial charge in [-0.1, -0.05) is 0 Å². The van der Waals surface area contributed by atoms with Gasteiger partial charge in [0.2, 0.25) is 0 Å². The summed E-state index contributed by atoms with van der Waals surface area (Å²) in [4.78, 5) is 27.4. The van der Waals surface area contributed by atoms with Gasteiger partial charge < -0.3 is 20.1 Å². The predicted octanol–water partition coefficient (Wildman–Crippen LogP) is 3.78.